The highest BCUT2D eigenvalue weighted by Crippen LogP contribution is 2.25. The molecule has 0 bridgehead atoms. The minimum Gasteiger partial charge on any atom is -0.382 e. The summed E-state index contributed by atoms with van der Waals surface area (Å²) >= 11 is -1.39. The smallest absolute Gasteiger partial charge is 0.244 e. The number of nitrogens with one attached hydrogen (secondary N) is 1. The van der Waals surface area contributed by atoms with E-state index in [0.717, 1.165) is 24.1 Å². The number of rotatable bonds is 0. The first-order valence-electron chi connectivity index (χ1n) is 4.12. The molecule has 0 saturated carbocycles. The highest BCUT2D eigenvalue weighted by molar-refractivity contribution is 7.82. The van der Waals surface area contributed by atoms with Crippen molar-refractivity contribution in [2.24, 2.45) is 10.1 Å². The lowest BCUT2D eigenvalue weighted by molar-refractivity contribution is 0.678. The van der Waals surface area contributed by atoms with E-state index in [9.17, 15) is 4.21 Å². The fourth-order valence-corrected chi connectivity index (χ4v) is 2.28. The van der Waals surface area contributed by atoms with Crippen LogP contribution in [-0.4, -0.2) is 10.0 Å². The molecule has 0 aromatic carbocycles. The van der Waals surface area contributed by atoms with E-state index >= 15 is 0 Å². The summed E-state index contributed by atoms with van der Waals surface area (Å²) in [5, 5.41) is 0. The molecular formula is C8H11N3OS. The summed E-state index contributed by atoms with van der Waals surface area (Å²) in [4.78, 5) is 0. The summed E-state index contributed by atoms with van der Waals surface area (Å²) < 4.78 is 17.7. The van der Waals surface area contributed by atoms with E-state index in [1.165, 1.54) is 5.57 Å². The Labute approximate surface area is 79.3 Å². The van der Waals surface area contributed by atoms with Gasteiger partial charge in [0, 0.05) is 5.57 Å². The fraction of sp³-hybridized carbons (Fsp3) is 0.375. The van der Waals surface area contributed by atoms with Crippen LogP contribution in [0.25, 0.3) is 0 Å². The summed E-state index contributed by atoms with van der Waals surface area (Å²) in [7, 11) is 0. The average Bonchev–Trinajstić information content (AvgIpc) is 2.02. The molecule has 0 radical (unpaired) electrons. The van der Waals surface area contributed by atoms with E-state index in [2.05, 4.69) is 9.12 Å². The fourth-order valence-electron chi connectivity index (χ4n) is 1.59. The SMILES string of the molecule is CC1=C2C(=CCC1)NS(=O)N=C2N. The molecule has 0 aromatic heterocycles. The van der Waals surface area contributed by atoms with E-state index in [1.54, 1.807) is 0 Å². The normalized spacial score (nSPS) is 27.3. The number of amidine groups is 1. The Balaban J connectivity index is 2.53. The molecule has 1 unspecified atom stereocenters. The van der Waals surface area contributed by atoms with Crippen LogP contribution >= 0.6 is 0 Å². The predicted octanol–water partition coefficient (Wildman–Crippen LogP) is 0.520. The van der Waals surface area contributed by atoms with Crippen molar-refractivity contribution in [1.29, 1.82) is 0 Å². The van der Waals surface area contributed by atoms with Crippen LogP contribution in [0.1, 0.15) is 19.8 Å². The lowest BCUT2D eigenvalue weighted by atomic mass is 9.95. The lowest BCUT2D eigenvalue weighted by Gasteiger charge is -2.22. The van der Waals surface area contributed by atoms with E-state index in [-0.39, 0.29) is 0 Å². The van der Waals surface area contributed by atoms with Crippen molar-refractivity contribution >= 4 is 17.0 Å². The lowest BCUT2D eigenvalue weighted by Crippen LogP contribution is -2.32. The van der Waals surface area contributed by atoms with Crippen molar-refractivity contribution in [2.45, 2.75) is 19.8 Å². The summed E-state index contributed by atoms with van der Waals surface area (Å²) in [6.45, 7) is 2.03. The molecule has 5 heteroatoms. The van der Waals surface area contributed by atoms with Gasteiger partial charge in [-0.15, -0.1) is 0 Å². The topological polar surface area (TPSA) is 67.5 Å². The highest BCUT2D eigenvalue weighted by Gasteiger charge is 2.22. The Bertz CT molecular complexity index is 368. The molecule has 1 atom stereocenters. The summed E-state index contributed by atoms with van der Waals surface area (Å²) in [6.07, 6.45) is 3.99. The standard InChI is InChI=1S/C8H11N3OS/c1-5-3-2-4-6-7(5)8(9)11-13(12)10-6/h4,10H,2-3H2,1H3,(H2,9,11). The van der Waals surface area contributed by atoms with Crippen molar-refractivity contribution in [1.82, 2.24) is 4.72 Å². The Morgan fingerprint density at radius 2 is 2.46 bits per heavy atom. The quantitative estimate of drug-likeness (QED) is 0.594. The average molecular weight is 197 g/mol. The van der Waals surface area contributed by atoms with Gasteiger partial charge >= 0.3 is 0 Å². The molecule has 4 nitrogen and oxygen atoms in total. The molecule has 0 amide bonds. The summed E-state index contributed by atoms with van der Waals surface area (Å²) in [6, 6.07) is 0. The molecule has 0 saturated heterocycles. The number of nitrogens with two attached hydrogens (primary N) is 1. The number of fused-ring (bicyclic) bond motifs is 1. The van der Waals surface area contributed by atoms with Crippen molar-refractivity contribution in [3.8, 4) is 0 Å². The molecule has 2 rings (SSSR count). The minimum absolute atomic E-state index is 0.389. The zero-order valence-corrected chi connectivity index (χ0v) is 8.15. The zero-order valence-electron chi connectivity index (χ0n) is 7.33. The Hall–Kier alpha value is -1.10. The van der Waals surface area contributed by atoms with Crippen molar-refractivity contribution in [2.75, 3.05) is 0 Å². The highest BCUT2D eigenvalue weighted by atomic mass is 32.2. The van der Waals surface area contributed by atoms with Gasteiger partial charge in [-0.25, -0.2) is 4.21 Å². The first-order valence-corrected chi connectivity index (χ1v) is 5.22. The van der Waals surface area contributed by atoms with Crippen LogP contribution in [0, 0.1) is 0 Å². The van der Waals surface area contributed by atoms with Crippen LogP contribution < -0.4 is 10.5 Å². The summed E-state index contributed by atoms with van der Waals surface area (Å²) in [5.74, 6) is 0.389. The van der Waals surface area contributed by atoms with E-state index in [4.69, 9.17) is 5.73 Å². The zero-order chi connectivity index (χ0) is 9.42. The first kappa shape index (κ1) is 8.50. The largest absolute Gasteiger partial charge is 0.382 e. The van der Waals surface area contributed by atoms with Gasteiger partial charge in [0.1, 0.15) is 5.84 Å². The molecule has 1 aliphatic heterocycles. The number of allylic oxidation sites excluding steroid dienone is 2. The molecule has 3 N–H and O–H groups in total. The minimum atomic E-state index is -1.39. The molecule has 2 aliphatic rings. The van der Waals surface area contributed by atoms with Gasteiger partial charge in [-0.3, -0.25) is 4.72 Å². The van der Waals surface area contributed by atoms with Gasteiger partial charge in [0.25, 0.3) is 0 Å². The monoisotopic (exact) mass is 197 g/mol. The van der Waals surface area contributed by atoms with Gasteiger partial charge in [0.15, 0.2) is 0 Å². The molecule has 0 aromatic rings. The number of nitrogens with zero attached hydrogens (tertiary/aromatic N) is 1. The van der Waals surface area contributed by atoms with Gasteiger partial charge in [0.05, 0.1) is 5.70 Å². The molecule has 1 heterocycles. The third-order valence-electron chi connectivity index (χ3n) is 2.20. The molecular weight excluding hydrogens is 186 g/mol. The predicted molar refractivity (Wildman–Crippen MR) is 52.9 cm³/mol. The maximum absolute atomic E-state index is 11.1. The van der Waals surface area contributed by atoms with Gasteiger partial charge in [-0.1, -0.05) is 11.6 Å². The third kappa shape index (κ3) is 1.39. The van der Waals surface area contributed by atoms with Crippen LogP contribution in [-0.2, 0) is 11.2 Å². The van der Waals surface area contributed by atoms with Gasteiger partial charge in [-0.2, -0.15) is 4.40 Å². The maximum atomic E-state index is 11.1. The molecule has 13 heavy (non-hydrogen) atoms. The number of hydrogen-bond donors (Lipinski definition) is 2. The third-order valence-corrected chi connectivity index (χ3v) is 2.96. The van der Waals surface area contributed by atoms with Crippen molar-refractivity contribution < 1.29 is 4.21 Å². The molecule has 0 fully saturated rings. The first-order chi connectivity index (χ1) is 6.18. The molecule has 1 aliphatic carbocycles. The van der Waals surface area contributed by atoms with E-state index < -0.39 is 11.2 Å². The second-order valence-electron chi connectivity index (χ2n) is 3.14. The molecule has 70 valence electrons. The van der Waals surface area contributed by atoms with Crippen LogP contribution in [0.4, 0.5) is 0 Å². The van der Waals surface area contributed by atoms with Crippen LogP contribution in [0.2, 0.25) is 0 Å². The van der Waals surface area contributed by atoms with Crippen molar-refractivity contribution in [3.05, 3.63) is 22.9 Å². The molecule has 0 spiro atoms. The Morgan fingerprint density at radius 3 is 3.23 bits per heavy atom. The second-order valence-corrected chi connectivity index (χ2v) is 4.02. The van der Waals surface area contributed by atoms with Gasteiger partial charge in [-0.05, 0) is 19.8 Å². The van der Waals surface area contributed by atoms with Crippen LogP contribution in [0.15, 0.2) is 27.3 Å². The summed E-state index contributed by atoms with van der Waals surface area (Å²) in [5.41, 5.74) is 8.71. The van der Waals surface area contributed by atoms with Gasteiger partial charge < -0.3 is 5.73 Å². The van der Waals surface area contributed by atoms with Crippen LogP contribution in [0.5, 0.6) is 0 Å². The van der Waals surface area contributed by atoms with Gasteiger partial charge in [0.2, 0.25) is 11.2 Å². The van der Waals surface area contributed by atoms with E-state index in [0.29, 0.717) is 5.84 Å². The van der Waals surface area contributed by atoms with Crippen LogP contribution in [0.3, 0.4) is 0 Å². The maximum Gasteiger partial charge on any atom is 0.244 e. The Morgan fingerprint density at radius 1 is 1.69 bits per heavy atom. The second kappa shape index (κ2) is 2.99. The number of hydrogen-bond acceptors (Lipinski definition) is 2. The van der Waals surface area contributed by atoms with Crippen molar-refractivity contribution in [3.63, 3.8) is 0 Å². The Kier molecular flexibility index (Phi) is 1.95. The van der Waals surface area contributed by atoms with E-state index in [1.807, 2.05) is 13.0 Å².